The van der Waals surface area contributed by atoms with Crippen LogP contribution in [0.5, 0.6) is 0 Å². The van der Waals surface area contributed by atoms with E-state index in [0.29, 0.717) is 12.8 Å². The van der Waals surface area contributed by atoms with Crippen molar-refractivity contribution in [2.45, 2.75) is 56.7 Å². The first-order chi connectivity index (χ1) is 11.0. The molecule has 0 radical (unpaired) electrons. The minimum Gasteiger partial charge on any atom is -0.389 e. The summed E-state index contributed by atoms with van der Waals surface area (Å²) in [5.74, 6) is -0.236. The fraction of sp³-hybridized carbons (Fsp3) is 0.588. The number of hydrogen-bond donors (Lipinski definition) is 3. The van der Waals surface area contributed by atoms with Gasteiger partial charge in [-0.1, -0.05) is 37.3 Å². The lowest BCUT2D eigenvalue weighted by Crippen LogP contribution is -2.58. The highest BCUT2D eigenvalue weighted by molar-refractivity contribution is 5.76. The molecule has 1 heterocycles. The second-order valence-corrected chi connectivity index (χ2v) is 6.08. The van der Waals surface area contributed by atoms with Crippen LogP contribution in [0.4, 0.5) is 8.78 Å². The fourth-order valence-corrected chi connectivity index (χ4v) is 3.12. The summed E-state index contributed by atoms with van der Waals surface area (Å²) >= 11 is 0. The normalized spacial score (nSPS) is 27.3. The minimum absolute atomic E-state index is 0.156. The highest BCUT2D eigenvalue weighted by Crippen LogP contribution is 2.29. The zero-order chi connectivity index (χ0) is 16.9. The molecule has 1 saturated heterocycles. The Kier molecular flexibility index (Phi) is 6.07. The Morgan fingerprint density at radius 3 is 2.70 bits per heavy atom. The Morgan fingerprint density at radius 1 is 1.43 bits per heavy atom. The molecule has 0 unspecified atom stereocenters. The number of amides is 1. The van der Waals surface area contributed by atoms with E-state index in [4.69, 9.17) is 0 Å². The lowest BCUT2D eigenvalue weighted by Gasteiger charge is -2.34. The van der Waals surface area contributed by atoms with E-state index >= 15 is 0 Å². The monoisotopic (exact) mass is 326 g/mol. The minimum atomic E-state index is -2.67. The second-order valence-electron chi connectivity index (χ2n) is 6.08. The summed E-state index contributed by atoms with van der Waals surface area (Å²) in [5, 5.41) is 15.8. The zero-order valence-electron chi connectivity index (χ0n) is 13.3. The van der Waals surface area contributed by atoms with Crippen LogP contribution in [0.15, 0.2) is 30.3 Å². The summed E-state index contributed by atoms with van der Waals surface area (Å²) in [4.78, 5) is 11.8. The van der Waals surface area contributed by atoms with E-state index in [1.165, 1.54) is 0 Å². The summed E-state index contributed by atoms with van der Waals surface area (Å²) in [5.41, 5.74) is 0.124. The number of aliphatic hydroxyl groups is 1. The quantitative estimate of drug-likeness (QED) is 0.717. The van der Waals surface area contributed by atoms with Crippen molar-refractivity contribution in [1.82, 2.24) is 10.6 Å². The van der Waals surface area contributed by atoms with Gasteiger partial charge in [-0.3, -0.25) is 4.79 Å². The van der Waals surface area contributed by atoms with E-state index in [0.717, 1.165) is 12.0 Å². The maximum Gasteiger partial charge on any atom is 0.256 e. The number of carbonyl (C=O) groups is 1. The first kappa shape index (κ1) is 17.8. The van der Waals surface area contributed by atoms with E-state index < -0.39 is 24.1 Å². The van der Waals surface area contributed by atoms with Crippen molar-refractivity contribution >= 4 is 5.91 Å². The van der Waals surface area contributed by atoms with E-state index in [9.17, 15) is 18.7 Å². The van der Waals surface area contributed by atoms with Crippen molar-refractivity contribution in [2.75, 3.05) is 6.54 Å². The van der Waals surface area contributed by atoms with E-state index in [2.05, 4.69) is 10.6 Å². The molecule has 0 spiro atoms. The lowest BCUT2D eigenvalue weighted by atomic mass is 9.86. The van der Waals surface area contributed by atoms with Crippen molar-refractivity contribution in [3.8, 4) is 0 Å². The molecule has 0 aliphatic carbocycles. The van der Waals surface area contributed by atoms with Gasteiger partial charge in [0.25, 0.3) is 6.43 Å². The largest absolute Gasteiger partial charge is 0.389 e. The van der Waals surface area contributed by atoms with E-state index in [1.807, 2.05) is 30.3 Å². The number of rotatable bonds is 7. The van der Waals surface area contributed by atoms with Crippen molar-refractivity contribution in [1.29, 1.82) is 0 Å². The van der Waals surface area contributed by atoms with Gasteiger partial charge in [0, 0.05) is 13.0 Å². The van der Waals surface area contributed by atoms with Crippen LogP contribution in [0.3, 0.4) is 0 Å². The number of halogens is 2. The average molecular weight is 326 g/mol. The van der Waals surface area contributed by atoms with Crippen LogP contribution in [0, 0.1) is 0 Å². The number of carbonyl (C=O) groups excluding carboxylic acids is 1. The molecule has 128 valence electrons. The van der Waals surface area contributed by atoms with Gasteiger partial charge >= 0.3 is 0 Å². The Bertz CT molecular complexity index is 513. The third-order valence-electron chi connectivity index (χ3n) is 4.47. The number of benzene rings is 1. The Morgan fingerprint density at radius 2 is 2.13 bits per heavy atom. The molecule has 3 N–H and O–H groups in total. The third kappa shape index (κ3) is 4.26. The topological polar surface area (TPSA) is 61.4 Å². The van der Waals surface area contributed by atoms with Crippen LogP contribution in [0.25, 0.3) is 0 Å². The van der Waals surface area contributed by atoms with Gasteiger partial charge in [0.05, 0.1) is 17.7 Å². The summed E-state index contributed by atoms with van der Waals surface area (Å²) in [6, 6.07) is 8.53. The van der Waals surface area contributed by atoms with Gasteiger partial charge in [0.2, 0.25) is 5.91 Å². The van der Waals surface area contributed by atoms with E-state index in [-0.39, 0.29) is 18.9 Å². The predicted octanol–water partition coefficient (Wildman–Crippen LogP) is 1.87. The van der Waals surface area contributed by atoms with Crippen molar-refractivity contribution < 1.29 is 18.7 Å². The molecule has 0 aromatic heterocycles. The summed E-state index contributed by atoms with van der Waals surface area (Å²) in [7, 11) is 0. The van der Waals surface area contributed by atoms with Gasteiger partial charge in [-0.15, -0.1) is 0 Å². The van der Waals surface area contributed by atoms with Crippen molar-refractivity contribution in [3.05, 3.63) is 35.9 Å². The molecule has 1 fully saturated rings. The molecule has 1 aromatic carbocycles. The molecular formula is C17H24F2N2O2. The van der Waals surface area contributed by atoms with Crippen LogP contribution < -0.4 is 10.6 Å². The number of nitrogens with one attached hydrogen (secondary N) is 2. The molecule has 1 aliphatic heterocycles. The van der Waals surface area contributed by atoms with Gasteiger partial charge < -0.3 is 15.7 Å². The van der Waals surface area contributed by atoms with Crippen molar-refractivity contribution in [3.63, 3.8) is 0 Å². The SMILES string of the molecule is CCC(=O)N[C@@]1(CCCc2ccccc2)CN[C@@H](C(F)F)[C@H]1O. The second kappa shape index (κ2) is 7.84. The highest BCUT2D eigenvalue weighted by Gasteiger charge is 2.51. The Hall–Kier alpha value is -1.53. The lowest BCUT2D eigenvalue weighted by molar-refractivity contribution is -0.124. The van der Waals surface area contributed by atoms with Gasteiger partial charge in [0.1, 0.15) is 0 Å². The number of aryl methyl sites for hydroxylation is 1. The van der Waals surface area contributed by atoms with Crippen LogP contribution in [0.2, 0.25) is 0 Å². The Labute approximate surface area is 135 Å². The van der Waals surface area contributed by atoms with Gasteiger partial charge in [-0.2, -0.15) is 0 Å². The van der Waals surface area contributed by atoms with E-state index in [1.54, 1.807) is 6.92 Å². The maximum atomic E-state index is 13.0. The molecule has 1 aromatic rings. The molecule has 1 aliphatic rings. The van der Waals surface area contributed by atoms with Gasteiger partial charge in [-0.25, -0.2) is 8.78 Å². The number of alkyl halides is 2. The molecule has 0 bridgehead atoms. The van der Waals surface area contributed by atoms with Gasteiger partial charge in [-0.05, 0) is 24.8 Å². The van der Waals surface area contributed by atoms with Crippen LogP contribution >= 0.6 is 0 Å². The standard InChI is InChI=1S/C17H24F2N2O2/c1-2-13(22)21-17(11-20-14(15(17)23)16(18)19)10-6-9-12-7-4-3-5-8-12/h3-5,7-8,14-16,20,23H,2,6,9-11H2,1H3,(H,21,22)/t14-,15-,17+/m1/s1. The molecule has 4 nitrogen and oxygen atoms in total. The Balaban J connectivity index is 2.04. The predicted molar refractivity (Wildman–Crippen MR) is 84.3 cm³/mol. The molecular weight excluding hydrogens is 302 g/mol. The summed E-state index contributed by atoms with van der Waals surface area (Å²) in [6.07, 6.45) is -1.79. The van der Waals surface area contributed by atoms with Crippen LogP contribution in [-0.4, -0.2) is 41.7 Å². The molecule has 23 heavy (non-hydrogen) atoms. The average Bonchev–Trinajstić information content (AvgIpc) is 2.85. The molecule has 2 rings (SSSR count). The van der Waals surface area contributed by atoms with Crippen LogP contribution in [0.1, 0.15) is 31.7 Å². The number of aliphatic hydroxyl groups excluding tert-OH is 1. The molecule has 6 heteroatoms. The zero-order valence-corrected chi connectivity index (χ0v) is 13.3. The smallest absolute Gasteiger partial charge is 0.256 e. The van der Waals surface area contributed by atoms with Gasteiger partial charge in [0.15, 0.2) is 0 Å². The molecule has 1 amide bonds. The number of hydrogen-bond acceptors (Lipinski definition) is 3. The van der Waals surface area contributed by atoms with Crippen molar-refractivity contribution in [2.24, 2.45) is 0 Å². The summed E-state index contributed by atoms with van der Waals surface area (Å²) in [6.45, 7) is 1.86. The third-order valence-corrected chi connectivity index (χ3v) is 4.47. The maximum absolute atomic E-state index is 13.0. The fourth-order valence-electron chi connectivity index (χ4n) is 3.12. The first-order valence-corrected chi connectivity index (χ1v) is 8.03. The molecule has 0 saturated carbocycles. The highest BCUT2D eigenvalue weighted by atomic mass is 19.3. The van der Waals surface area contributed by atoms with Crippen LogP contribution in [-0.2, 0) is 11.2 Å². The summed E-state index contributed by atoms with van der Waals surface area (Å²) < 4.78 is 26.0. The molecule has 3 atom stereocenters. The first-order valence-electron chi connectivity index (χ1n) is 8.03.